The normalized spacial score (nSPS) is 11.9. The molecule has 3 N–H and O–H groups in total. The molecule has 0 amide bonds. The molecule has 0 heterocycles. The number of aliphatic hydroxyl groups is 2. The molecule has 0 unspecified atom stereocenters. The SMILES string of the molecule is CC(C)CCOc1ccc(CNC(C)(CO)CO)cc1. The Labute approximate surface area is 121 Å². The van der Waals surface area contributed by atoms with E-state index in [-0.39, 0.29) is 13.2 Å². The van der Waals surface area contributed by atoms with Crippen molar-refractivity contribution in [3.8, 4) is 5.75 Å². The summed E-state index contributed by atoms with van der Waals surface area (Å²) in [5.74, 6) is 1.52. The van der Waals surface area contributed by atoms with Gasteiger partial charge in [0, 0.05) is 6.54 Å². The minimum Gasteiger partial charge on any atom is -0.494 e. The lowest BCUT2D eigenvalue weighted by Crippen LogP contribution is -2.48. The summed E-state index contributed by atoms with van der Waals surface area (Å²) in [6.07, 6.45) is 1.05. The van der Waals surface area contributed by atoms with Crippen molar-refractivity contribution in [1.29, 1.82) is 0 Å². The Morgan fingerprint density at radius 1 is 1.15 bits per heavy atom. The van der Waals surface area contributed by atoms with Crippen molar-refractivity contribution in [3.05, 3.63) is 29.8 Å². The van der Waals surface area contributed by atoms with E-state index in [0.717, 1.165) is 24.3 Å². The van der Waals surface area contributed by atoms with Crippen LogP contribution in [0.2, 0.25) is 0 Å². The largest absolute Gasteiger partial charge is 0.494 e. The fourth-order valence-electron chi connectivity index (χ4n) is 1.59. The van der Waals surface area contributed by atoms with Gasteiger partial charge in [-0.1, -0.05) is 26.0 Å². The second-order valence-electron chi connectivity index (χ2n) is 5.91. The quantitative estimate of drug-likeness (QED) is 0.647. The molecule has 0 aliphatic heterocycles. The Hall–Kier alpha value is -1.10. The van der Waals surface area contributed by atoms with E-state index >= 15 is 0 Å². The first-order valence-corrected chi connectivity index (χ1v) is 7.17. The van der Waals surface area contributed by atoms with Crippen molar-refractivity contribution in [2.45, 2.75) is 39.3 Å². The fourth-order valence-corrected chi connectivity index (χ4v) is 1.59. The summed E-state index contributed by atoms with van der Waals surface area (Å²) < 4.78 is 5.66. The van der Waals surface area contributed by atoms with Gasteiger partial charge in [0.1, 0.15) is 5.75 Å². The van der Waals surface area contributed by atoms with Gasteiger partial charge in [0.15, 0.2) is 0 Å². The number of nitrogens with one attached hydrogen (secondary N) is 1. The Morgan fingerprint density at radius 2 is 1.75 bits per heavy atom. The van der Waals surface area contributed by atoms with Gasteiger partial charge < -0.3 is 20.3 Å². The molecule has 0 saturated heterocycles. The lowest BCUT2D eigenvalue weighted by atomic mass is 10.0. The minimum atomic E-state index is -0.646. The third-order valence-electron chi connectivity index (χ3n) is 3.30. The summed E-state index contributed by atoms with van der Waals surface area (Å²) in [5, 5.41) is 21.6. The van der Waals surface area contributed by atoms with Crippen LogP contribution in [0.15, 0.2) is 24.3 Å². The van der Waals surface area contributed by atoms with Crippen LogP contribution in [0.25, 0.3) is 0 Å². The van der Waals surface area contributed by atoms with Crippen LogP contribution in [-0.2, 0) is 6.54 Å². The molecule has 0 bridgehead atoms. The number of hydrogen-bond acceptors (Lipinski definition) is 4. The van der Waals surface area contributed by atoms with Gasteiger partial charge in [-0.05, 0) is 37.0 Å². The molecule has 0 radical (unpaired) electrons. The molecule has 114 valence electrons. The average molecular weight is 281 g/mol. The Kier molecular flexibility index (Phi) is 6.99. The molecule has 0 aliphatic carbocycles. The molecule has 0 aromatic heterocycles. The van der Waals surface area contributed by atoms with Gasteiger partial charge in [0.2, 0.25) is 0 Å². The van der Waals surface area contributed by atoms with E-state index in [9.17, 15) is 10.2 Å². The summed E-state index contributed by atoms with van der Waals surface area (Å²) in [6, 6.07) is 7.89. The van der Waals surface area contributed by atoms with Crippen LogP contribution in [-0.4, -0.2) is 35.6 Å². The predicted molar refractivity (Wildman–Crippen MR) is 80.8 cm³/mol. The molecule has 0 aliphatic rings. The molecule has 4 nitrogen and oxygen atoms in total. The minimum absolute atomic E-state index is 0.0973. The highest BCUT2D eigenvalue weighted by Gasteiger charge is 2.20. The second-order valence-corrected chi connectivity index (χ2v) is 5.91. The first kappa shape index (κ1) is 17.0. The molecule has 0 atom stereocenters. The highest BCUT2D eigenvalue weighted by atomic mass is 16.5. The maximum Gasteiger partial charge on any atom is 0.119 e. The predicted octanol–water partition coefficient (Wildman–Crippen LogP) is 1.94. The number of hydrogen-bond donors (Lipinski definition) is 3. The number of benzene rings is 1. The molecule has 1 aromatic carbocycles. The van der Waals surface area contributed by atoms with Crippen LogP contribution in [0, 0.1) is 5.92 Å². The Bertz CT molecular complexity index is 372. The first-order chi connectivity index (χ1) is 9.49. The van der Waals surface area contributed by atoms with Crippen LogP contribution in [0.3, 0.4) is 0 Å². The molecule has 1 rings (SSSR count). The van der Waals surface area contributed by atoms with E-state index < -0.39 is 5.54 Å². The summed E-state index contributed by atoms with van der Waals surface area (Å²) >= 11 is 0. The monoisotopic (exact) mass is 281 g/mol. The molecule has 4 heteroatoms. The van der Waals surface area contributed by atoms with E-state index in [0.29, 0.717) is 12.5 Å². The standard InChI is InChI=1S/C16H27NO3/c1-13(2)8-9-20-15-6-4-14(5-7-15)10-17-16(3,11-18)12-19/h4-7,13,17-19H,8-12H2,1-3H3. The smallest absolute Gasteiger partial charge is 0.119 e. The molecular formula is C16H27NO3. The fraction of sp³-hybridized carbons (Fsp3) is 0.625. The molecule has 20 heavy (non-hydrogen) atoms. The van der Waals surface area contributed by atoms with Crippen molar-refractivity contribution in [3.63, 3.8) is 0 Å². The van der Waals surface area contributed by atoms with E-state index in [4.69, 9.17) is 4.74 Å². The third-order valence-corrected chi connectivity index (χ3v) is 3.30. The summed E-state index contributed by atoms with van der Waals surface area (Å²) in [7, 11) is 0. The van der Waals surface area contributed by atoms with E-state index in [2.05, 4.69) is 19.2 Å². The Balaban J connectivity index is 2.42. The Morgan fingerprint density at radius 3 is 2.25 bits per heavy atom. The zero-order valence-electron chi connectivity index (χ0n) is 12.7. The zero-order valence-corrected chi connectivity index (χ0v) is 12.7. The summed E-state index contributed by atoms with van der Waals surface area (Å²) in [4.78, 5) is 0. The van der Waals surface area contributed by atoms with Crippen LogP contribution >= 0.6 is 0 Å². The van der Waals surface area contributed by atoms with Crippen LogP contribution in [0.1, 0.15) is 32.8 Å². The van der Waals surface area contributed by atoms with Crippen LogP contribution in [0.4, 0.5) is 0 Å². The number of aliphatic hydroxyl groups excluding tert-OH is 2. The lowest BCUT2D eigenvalue weighted by Gasteiger charge is -2.26. The first-order valence-electron chi connectivity index (χ1n) is 7.17. The van der Waals surface area contributed by atoms with Gasteiger partial charge in [0.25, 0.3) is 0 Å². The van der Waals surface area contributed by atoms with Crippen molar-refractivity contribution >= 4 is 0 Å². The average Bonchev–Trinajstić information content (AvgIpc) is 2.46. The number of rotatable bonds is 9. The second kappa shape index (κ2) is 8.25. The zero-order chi connectivity index (χ0) is 15.0. The van der Waals surface area contributed by atoms with Gasteiger partial charge in [-0.25, -0.2) is 0 Å². The van der Waals surface area contributed by atoms with Crippen LogP contribution in [0.5, 0.6) is 5.75 Å². The maximum atomic E-state index is 9.21. The van der Waals surface area contributed by atoms with Gasteiger partial charge in [-0.3, -0.25) is 0 Å². The van der Waals surface area contributed by atoms with Crippen molar-refractivity contribution < 1.29 is 14.9 Å². The molecule has 0 saturated carbocycles. The molecule has 0 fully saturated rings. The van der Waals surface area contributed by atoms with Crippen molar-refractivity contribution in [2.75, 3.05) is 19.8 Å². The van der Waals surface area contributed by atoms with Crippen molar-refractivity contribution in [2.24, 2.45) is 5.92 Å². The van der Waals surface area contributed by atoms with E-state index in [1.807, 2.05) is 24.3 Å². The van der Waals surface area contributed by atoms with Gasteiger partial charge >= 0.3 is 0 Å². The lowest BCUT2D eigenvalue weighted by molar-refractivity contribution is 0.103. The summed E-state index contributed by atoms with van der Waals surface area (Å²) in [5.41, 5.74) is 0.446. The van der Waals surface area contributed by atoms with Crippen molar-refractivity contribution in [1.82, 2.24) is 5.32 Å². The van der Waals surface area contributed by atoms with E-state index in [1.54, 1.807) is 6.92 Å². The third kappa shape index (κ3) is 5.90. The van der Waals surface area contributed by atoms with Crippen LogP contribution < -0.4 is 10.1 Å². The highest BCUT2D eigenvalue weighted by molar-refractivity contribution is 5.27. The van der Waals surface area contributed by atoms with Gasteiger partial charge in [-0.15, -0.1) is 0 Å². The van der Waals surface area contributed by atoms with Gasteiger partial charge in [-0.2, -0.15) is 0 Å². The topological polar surface area (TPSA) is 61.7 Å². The highest BCUT2D eigenvalue weighted by Crippen LogP contribution is 2.14. The molecular weight excluding hydrogens is 254 g/mol. The summed E-state index contributed by atoms with van der Waals surface area (Å²) in [6.45, 7) is 7.29. The maximum absolute atomic E-state index is 9.21. The van der Waals surface area contributed by atoms with Gasteiger partial charge in [0.05, 0.1) is 25.4 Å². The van der Waals surface area contributed by atoms with E-state index in [1.165, 1.54) is 0 Å². The molecule has 0 spiro atoms. The number of ether oxygens (including phenoxy) is 1. The molecule has 1 aromatic rings.